The molecule has 0 aliphatic heterocycles. The van der Waals surface area contributed by atoms with Crippen LogP contribution < -0.4 is 11.1 Å². The van der Waals surface area contributed by atoms with Crippen molar-refractivity contribution in [2.75, 3.05) is 24.3 Å². The minimum absolute atomic E-state index is 0.237. The van der Waals surface area contributed by atoms with Gasteiger partial charge in [-0.2, -0.15) is 0 Å². The van der Waals surface area contributed by atoms with E-state index in [1.165, 1.54) is 0 Å². The Kier molecular flexibility index (Phi) is 5.37. The van der Waals surface area contributed by atoms with Crippen LogP contribution >= 0.6 is 0 Å². The Balaban J connectivity index is 3.30. The summed E-state index contributed by atoms with van der Waals surface area (Å²) in [6.45, 7) is 7.36. The molecule has 0 saturated carbocycles. The maximum Gasteiger partial charge on any atom is 0.411 e. The summed E-state index contributed by atoms with van der Waals surface area (Å²) in [4.78, 5) is 23.6. The Morgan fingerprint density at radius 1 is 1.20 bits per heavy atom. The third kappa shape index (κ3) is 3.40. The fraction of sp³-hybridized carbons (Fsp3) is 0.429. The van der Waals surface area contributed by atoms with Crippen LogP contribution in [0.15, 0.2) is 6.07 Å². The number of carbonyl (C=O) groups is 2. The van der Waals surface area contributed by atoms with Gasteiger partial charge in [-0.1, -0.05) is 0 Å². The molecule has 3 N–H and O–H groups in total. The summed E-state index contributed by atoms with van der Waals surface area (Å²) in [5.74, 6) is -0.500. The van der Waals surface area contributed by atoms with Gasteiger partial charge >= 0.3 is 12.1 Å². The molecule has 0 unspecified atom stereocenters. The summed E-state index contributed by atoms with van der Waals surface area (Å²) in [5, 5.41) is 2.56. The first-order chi connectivity index (χ1) is 9.42. The Morgan fingerprint density at radius 2 is 1.80 bits per heavy atom. The van der Waals surface area contributed by atoms with Crippen molar-refractivity contribution in [3.8, 4) is 0 Å². The number of nitrogens with two attached hydrogens (primary N) is 1. The Bertz CT molecular complexity index is 526. The lowest BCUT2D eigenvalue weighted by atomic mass is 10.0. The van der Waals surface area contributed by atoms with Crippen LogP contribution in [0.3, 0.4) is 0 Å². The van der Waals surface area contributed by atoms with E-state index in [0.29, 0.717) is 28.1 Å². The Hall–Kier alpha value is -2.24. The Labute approximate surface area is 118 Å². The molecular formula is C14H20N2O4. The third-order valence-corrected chi connectivity index (χ3v) is 2.81. The highest BCUT2D eigenvalue weighted by molar-refractivity contribution is 6.03. The van der Waals surface area contributed by atoms with E-state index in [1.54, 1.807) is 33.8 Å². The fourth-order valence-electron chi connectivity index (χ4n) is 1.83. The maximum absolute atomic E-state index is 12.0. The predicted molar refractivity (Wildman–Crippen MR) is 76.9 cm³/mol. The number of amides is 1. The molecule has 1 amide bonds. The van der Waals surface area contributed by atoms with Gasteiger partial charge in [-0.25, -0.2) is 9.59 Å². The topological polar surface area (TPSA) is 90.6 Å². The van der Waals surface area contributed by atoms with Gasteiger partial charge in [0, 0.05) is 5.69 Å². The van der Waals surface area contributed by atoms with Gasteiger partial charge in [0.25, 0.3) is 0 Å². The van der Waals surface area contributed by atoms with E-state index in [9.17, 15) is 9.59 Å². The first-order valence-electron chi connectivity index (χ1n) is 6.42. The smallest absolute Gasteiger partial charge is 0.411 e. The molecule has 1 rings (SSSR count). The minimum atomic E-state index is -0.633. The van der Waals surface area contributed by atoms with E-state index in [1.807, 2.05) is 0 Å². The van der Waals surface area contributed by atoms with Gasteiger partial charge in [0.05, 0.1) is 24.5 Å². The molecule has 0 heterocycles. The van der Waals surface area contributed by atoms with Crippen molar-refractivity contribution < 1.29 is 19.1 Å². The molecule has 0 radical (unpaired) electrons. The molecule has 0 saturated heterocycles. The molecule has 0 bridgehead atoms. The zero-order valence-electron chi connectivity index (χ0n) is 12.2. The first kappa shape index (κ1) is 15.8. The van der Waals surface area contributed by atoms with Crippen molar-refractivity contribution in [3.63, 3.8) is 0 Å². The van der Waals surface area contributed by atoms with Gasteiger partial charge in [0.1, 0.15) is 0 Å². The molecule has 1 aromatic rings. The number of benzene rings is 1. The number of aryl methyl sites for hydroxylation is 1. The molecule has 110 valence electrons. The van der Waals surface area contributed by atoms with Crippen LogP contribution in [0.25, 0.3) is 0 Å². The molecule has 6 nitrogen and oxygen atoms in total. The molecule has 0 spiro atoms. The monoisotopic (exact) mass is 280 g/mol. The second-order valence-corrected chi connectivity index (χ2v) is 4.22. The van der Waals surface area contributed by atoms with Crippen LogP contribution in [0, 0.1) is 13.8 Å². The lowest BCUT2D eigenvalue weighted by molar-refractivity contribution is 0.0526. The minimum Gasteiger partial charge on any atom is -0.462 e. The zero-order chi connectivity index (χ0) is 15.3. The van der Waals surface area contributed by atoms with E-state index >= 15 is 0 Å². The summed E-state index contributed by atoms with van der Waals surface area (Å²) < 4.78 is 9.85. The van der Waals surface area contributed by atoms with Gasteiger partial charge in [-0.3, -0.25) is 5.32 Å². The highest BCUT2D eigenvalue weighted by Gasteiger charge is 2.21. The van der Waals surface area contributed by atoms with E-state index in [2.05, 4.69) is 5.32 Å². The summed E-state index contributed by atoms with van der Waals surface area (Å²) >= 11 is 0. The van der Waals surface area contributed by atoms with Gasteiger partial charge < -0.3 is 15.2 Å². The van der Waals surface area contributed by atoms with Crippen LogP contribution in [-0.4, -0.2) is 25.3 Å². The van der Waals surface area contributed by atoms with Crippen molar-refractivity contribution in [2.45, 2.75) is 27.7 Å². The number of hydrogen-bond donors (Lipinski definition) is 2. The van der Waals surface area contributed by atoms with Crippen LogP contribution in [0.2, 0.25) is 0 Å². The first-order valence-corrected chi connectivity index (χ1v) is 6.42. The number of esters is 1. The van der Waals surface area contributed by atoms with E-state index in [4.69, 9.17) is 15.2 Å². The van der Waals surface area contributed by atoms with Gasteiger partial charge in [0.15, 0.2) is 0 Å². The molecule has 0 aromatic heterocycles. The third-order valence-electron chi connectivity index (χ3n) is 2.81. The van der Waals surface area contributed by atoms with Gasteiger partial charge in [-0.05, 0) is 44.9 Å². The highest BCUT2D eigenvalue weighted by Crippen LogP contribution is 2.30. The molecule has 1 aromatic carbocycles. The average Bonchev–Trinajstić information content (AvgIpc) is 2.36. The van der Waals surface area contributed by atoms with Crippen LogP contribution in [0.5, 0.6) is 0 Å². The normalized spacial score (nSPS) is 10.0. The highest BCUT2D eigenvalue weighted by atomic mass is 16.5. The van der Waals surface area contributed by atoms with Crippen LogP contribution in [0.1, 0.15) is 35.3 Å². The maximum atomic E-state index is 12.0. The van der Waals surface area contributed by atoms with Crippen LogP contribution in [-0.2, 0) is 9.47 Å². The number of hydrogen-bond acceptors (Lipinski definition) is 5. The number of nitrogen functional groups attached to an aromatic ring is 1. The van der Waals surface area contributed by atoms with Gasteiger partial charge in [0.2, 0.25) is 0 Å². The lowest BCUT2D eigenvalue weighted by Gasteiger charge is -2.17. The van der Waals surface area contributed by atoms with E-state index < -0.39 is 12.1 Å². The molecule has 0 fully saturated rings. The molecule has 6 heteroatoms. The summed E-state index contributed by atoms with van der Waals surface area (Å²) in [5.41, 5.74) is 8.23. The average molecular weight is 280 g/mol. The van der Waals surface area contributed by atoms with E-state index in [-0.39, 0.29) is 13.2 Å². The van der Waals surface area contributed by atoms with E-state index in [0.717, 1.165) is 0 Å². The van der Waals surface area contributed by atoms with Crippen molar-refractivity contribution in [2.24, 2.45) is 0 Å². The molecule has 20 heavy (non-hydrogen) atoms. The largest absolute Gasteiger partial charge is 0.462 e. The van der Waals surface area contributed by atoms with Crippen LogP contribution in [0.4, 0.5) is 16.2 Å². The molecule has 0 atom stereocenters. The second-order valence-electron chi connectivity index (χ2n) is 4.22. The predicted octanol–water partition coefficient (Wildman–Crippen LogP) is 2.63. The summed E-state index contributed by atoms with van der Waals surface area (Å²) in [7, 11) is 0. The molecular weight excluding hydrogens is 260 g/mol. The lowest BCUT2D eigenvalue weighted by Crippen LogP contribution is -2.19. The van der Waals surface area contributed by atoms with Crippen molar-refractivity contribution in [3.05, 3.63) is 22.8 Å². The van der Waals surface area contributed by atoms with Gasteiger partial charge in [-0.15, -0.1) is 0 Å². The van der Waals surface area contributed by atoms with Crippen molar-refractivity contribution in [1.82, 2.24) is 0 Å². The second kappa shape index (κ2) is 6.79. The number of carbonyl (C=O) groups excluding carboxylic acids is 2. The summed E-state index contributed by atoms with van der Waals surface area (Å²) in [6.07, 6.45) is -0.633. The van der Waals surface area contributed by atoms with Crippen molar-refractivity contribution in [1.29, 1.82) is 0 Å². The number of ether oxygens (including phenoxy) is 2. The number of nitrogens with one attached hydrogen (secondary N) is 1. The quantitative estimate of drug-likeness (QED) is 0.653. The molecule has 0 aliphatic rings. The Morgan fingerprint density at radius 3 is 2.35 bits per heavy atom. The fourth-order valence-corrected chi connectivity index (χ4v) is 1.83. The summed E-state index contributed by atoms with van der Waals surface area (Å²) in [6, 6.07) is 1.68. The number of rotatable bonds is 4. The SMILES string of the molecule is CCOC(=O)Nc1c(C)c(N)cc(C)c1C(=O)OCC. The molecule has 0 aliphatic carbocycles. The zero-order valence-corrected chi connectivity index (χ0v) is 12.2. The van der Waals surface area contributed by atoms with Crippen molar-refractivity contribution >= 4 is 23.4 Å². The number of anilines is 2. The standard InChI is InChI=1S/C14H20N2O4/c1-5-19-13(17)11-8(3)7-10(15)9(4)12(11)16-14(18)20-6-2/h7H,5-6,15H2,1-4H3,(H,16,18).